The van der Waals surface area contributed by atoms with Crippen LogP contribution in [0.25, 0.3) is 0 Å². The van der Waals surface area contributed by atoms with Crippen LogP contribution >= 0.6 is 24.8 Å². The fourth-order valence-electron chi connectivity index (χ4n) is 2.57. The molecule has 29 heavy (non-hydrogen) atoms. The number of rotatable bonds is 8. The SMILES string of the molecule is CC(C)[N]([GaH2])C(C)C.CCCCC1=[C-]CC=C1.CCCCC1=[C-]CC=C1.Cl.Cl.[Zr+2]. The molecule has 2 aliphatic rings. The van der Waals surface area contributed by atoms with Gasteiger partial charge in [-0.1, -0.05) is 52.4 Å². The van der Waals surface area contributed by atoms with Crippen molar-refractivity contribution in [2.45, 2.75) is 105 Å². The van der Waals surface area contributed by atoms with E-state index in [0.29, 0.717) is 0 Å². The molecule has 0 heterocycles. The molecule has 0 unspecified atom stereocenters. The van der Waals surface area contributed by atoms with Gasteiger partial charge in [0.1, 0.15) is 0 Å². The van der Waals surface area contributed by atoms with Gasteiger partial charge in [0, 0.05) is 0 Å². The van der Waals surface area contributed by atoms with Crippen molar-refractivity contribution in [2.24, 2.45) is 0 Å². The van der Waals surface area contributed by atoms with E-state index in [1.54, 1.807) is 0 Å². The maximum Gasteiger partial charge on any atom is 2.00 e. The first-order chi connectivity index (χ1) is 12.4. The average Bonchev–Trinajstić information content (AvgIpc) is 3.32. The van der Waals surface area contributed by atoms with Crippen LogP contribution in [0.1, 0.15) is 92.9 Å². The predicted molar refractivity (Wildman–Crippen MR) is 135 cm³/mol. The van der Waals surface area contributed by atoms with Crippen molar-refractivity contribution in [3.63, 3.8) is 0 Å². The summed E-state index contributed by atoms with van der Waals surface area (Å²) in [6, 6.07) is 1.52. The zero-order valence-corrected chi connectivity index (χ0v) is 28.2. The molecule has 0 aromatic heterocycles. The Morgan fingerprint density at radius 3 is 1.34 bits per heavy atom. The van der Waals surface area contributed by atoms with Gasteiger partial charge in [-0.15, -0.1) is 37.7 Å². The molecule has 0 aromatic carbocycles. The van der Waals surface area contributed by atoms with E-state index in [2.05, 4.69) is 81.6 Å². The van der Waals surface area contributed by atoms with Crippen LogP contribution in [-0.2, 0) is 26.2 Å². The summed E-state index contributed by atoms with van der Waals surface area (Å²) < 4.78 is 2.52. The van der Waals surface area contributed by atoms with E-state index in [1.165, 1.54) is 49.7 Å². The minimum atomic E-state index is 0. The topological polar surface area (TPSA) is 3.24 Å². The molecule has 0 bridgehead atoms. The van der Waals surface area contributed by atoms with Crippen LogP contribution in [0.4, 0.5) is 0 Å². The molecule has 5 heteroatoms. The summed E-state index contributed by atoms with van der Waals surface area (Å²) in [7, 11) is 0. The quantitative estimate of drug-likeness (QED) is 0.217. The molecule has 2 aliphatic carbocycles. The van der Waals surface area contributed by atoms with E-state index in [4.69, 9.17) is 0 Å². The minimum absolute atomic E-state index is 0. The molecule has 0 amide bonds. The van der Waals surface area contributed by atoms with Gasteiger partial charge in [-0.25, -0.2) is 23.3 Å². The van der Waals surface area contributed by atoms with Crippen molar-refractivity contribution >= 4 is 43.7 Å². The van der Waals surface area contributed by atoms with Crippen LogP contribution in [-0.4, -0.2) is 34.5 Å². The second kappa shape index (κ2) is 25.3. The summed E-state index contributed by atoms with van der Waals surface area (Å²) in [5.41, 5.74) is 2.83. The second-order valence-electron chi connectivity index (χ2n) is 7.68. The molecular weight excluding hydrogens is 534 g/mol. The molecule has 0 fully saturated rings. The first-order valence-corrected chi connectivity index (χ1v) is 12.5. The Morgan fingerprint density at radius 1 is 0.828 bits per heavy atom. The van der Waals surface area contributed by atoms with Gasteiger partial charge < -0.3 is 0 Å². The molecule has 0 aliphatic heterocycles. The fraction of sp³-hybridized carbons (Fsp3) is 0.667. The number of nitrogens with zero attached hydrogens (tertiary/aromatic N) is 1. The van der Waals surface area contributed by atoms with E-state index >= 15 is 0 Å². The van der Waals surface area contributed by atoms with Crippen LogP contribution in [0.2, 0.25) is 0 Å². The predicted octanol–water partition coefficient (Wildman–Crippen LogP) is 7.23. The van der Waals surface area contributed by atoms with Crippen molar-refractivity contribution in [3.05, 3.63) is 47.6 Å². The molecule has 0 spiro atoms. The van der Waals surface area contributed by atoms with Gasteiger partial charge in [0.25, 0.3) is 0 Å². The maximum absolute atomic E-state index is 3.30. The van der Waals surface area contributed by atoms with Gasteiger partial charge in [0.15, 0.2) is 0 Å². The van der Waals surface area contributed by atoms with Gasteiger partial charge in [-0.3, -0.25) is 12.2 Å². The summed E-state index contributed by atoms with van der Waals surface area (Å²) in [5, 5.41) is 0. The van der Waals surface area contributed by atoms with Crippen molar-refractivity contribution in [1.29, 1.82) is 0 Å². The number of hydrogen-bond acceptors (Lipinski definition) is 1. The monoisotopic (exact) mass is 575 g/mol. The Bertz CT molecular complexity index is 430. The zero-order chi connectivity index (χ0) is 19.8. The van der Waals surface area contributed by atoms with E-state index in [-0.39, 0.29) is 51.0 Å². The first-order valence-electron chi connectivity index (χ1n) is 10.7. The molecule has 166 valence electrons. The molecule has 0 N–H and O–H groups in total. The number of allylic oxidation sites excluding steroid dienone is 8. The summed E-state index contributed by atoms with van der Waals surface area (Å²) in [5.74, 6) is 0. The first kappa shape index (κ1) is 37.3. The Hall–Kier alpha value is 1.02. The molecule has 1 nitrogen and oxygen atoms in total. The summed E-state index contributed by atoms with van der Waals surface area (Å²) in [6.45, 7) is 13.5. The van der Waals surface area contributed by atoms with Crippen LogP contribution in [0, 0.1) is 12.2 Å². The summed E-state index contributed by atoms with van der Waals surface area (Å²) in [4.78, 5) is 0. The molecule has 0 atom stereocenters. The van der Waals surface area contributed by atoms with Gasteiger partial charge in [-0.2, -0.15) is 12.2 Å². The minimum Gasteiger partial charge on any atom is -0.269 e. The molecule has 0 saturated heterocycles. The molecule has 0 saturated carbocycles. The Balaban J connectivity index is -0.000000154. The fourth-order valence-corrected chi connectivity index (χ4v) is 2.57. The third-order valence-corrected chi connectivity index (χ3v) is 9.09. The third-order valence-electron chi connectivity index (χ3n) is 4.76. The maximum atomic E-state index is 3.30. The Labute approximate surface area is 224 Å². The number of unbranched alkanes of at least 4 members (excludes halogenated alkanes) is 2. The van der Waals surface area contributed by atoms with Gasteiger partial charge in [0.05, 0.1) is 0 Å². The van der Waals surface area contributed by atoms with Gasteiger partial charge >= 0.3 is 88.4 Å². The van der Waals surface area contributed by atoms with Crippen LogP contribution < -0.4 is 0 Å². The largest absolute Gasteiger partial charge is 2.00 e. The Kier molecular flexibility index (Phi) is 32.6. The van der Waals surface area contributed by atoms with Crippen LogP contribution in [0.15, 0.2) is 35.5 Å². The van der Waals surface area contributed by atoms with E-state index in [9.17, 15) is 0 Å². The van der Waals surface area contributed by atoms with Gasteiger partial charge in [0.2, 0.25) is 0 Å². The molecular formula is C24H44Cl2GaNZr. The standard InChI is InChI=1S/2C9H13.C6H14N.2ClH.Ga.Zr.2H/c2*1-2-3-6-9-7-4-5-8-9;1-5(2)7-6(3)4;;;;;;/h2*4,7H,2-3,5-6H2,1H3;5-6H,1-4H3;2*1H;;;;/q3*-1;;;+1;+2;;. The van der Waals surface area contributed by atoms with Crippen molar-refractivity contribution in [3.8, 4) is 0 Å². The summed E-state index contributed by atoms with van der Waals surface area (Å²) >= 11 is 0.856. The molecule has 0 radical (unpaired) electrons. The van der Waals surface area contributed by atoms with E-state index in [1.807, 2.05) is 0 Å². The third kappa shape index (κ3) is 22.0. The van der Waals surface area contributed by atoms with Crippen molar-refractivity contribution in [2.75, 3.05) is 0 Å². The van der Waals surface area contributed by atoms with Crippen molar-refractivity contribution in [1.82, 2.24) is 3.61 Å². The average molecular weight is 578 g/mol. The number of halogens is 2. The van der Waals surface area contributed by atoms with Crippen LogP contribution in [0.5, 0.6) is 0 Å². The number of hydrogen-bond donors (Lipinski definition) is 0. The van der Waals surface area contributed by atoms with Crippen LogP contribution in [0.3, 0.4) is 0 Å². The molecule has 0 aromatic rings. The normalized spacial score (nSPS) is 13.4. The van der Waals surface area contributed by atoms with E-state index in [0.717, 1.165) is 43.8 Å². The Morgan fingerprint density at radius 2 is 1.17 bits per heavy atom. The zero-order valence-electron chi connectivity index (χ0n) is 19.9. The van der Waals surface area contributed by atoms with Crippen molar-refractivity contribution < 1.29 is 26.2 Å². The van der Waals surface area contributed by atoms with Gasteiger partial charge in [-0.05, 0) is 0 Å². The van der Waals surface area contributed by atoms with E-state index < -0.39 is 0 Å². The second-order valence-corrected chi connectivity index (χ2v) is 9.84. The molecule has 2 rings (SSSR count). The summed E-state index contributed by atoms with van der Waals surface area (Å²) in [6.07, 6.45) is 25.1. The smallest absolute Gasteiger partial charge is 0.269 e.